The van der Waals surface area contributed by atoms with Gasteiger partial charge in [-0.3, -0.25) is 0 Å². The Hall–Kier alpha value is -2.36. The molecule has 0 unspecified atom stereocenters. The van der Waals surface area contributed by atoms with Crippen molar-refractivity contribution in [2.24, 2.45) is 0 Å². The fourth-order valence-electron chi connectivity index (χ4n) is 4.34. The van der Waals surface area contributed by atoms with Gasteiger partial charge in [0.25, 0.3) is 0 Å². The van der Waals surface area contributed by atoms with E-state index in [1.807, 2.05) is 0 Å². The first-order valence-corrected chi connectivity index (χ1v) is 10.3. The lowest BCUT2D eigenvalue weighted by Crippen LogP contribution is -2.38. The zero-order chi connectivity index (χ0) is 19.0. The molecule has 0 aromatic heterocycles. The molecule has 2 aromatic rings. The average molecular weight is 365 g/mol. The van der Waals surface area contributed by atoms with Crippen LogP contribution >= 0.6 is 0 Å². The number of rotatable bonds is 6. The second-order valence-corrected chi connectivity index (χ2v) is 8.27. The lowest BCUT2D eigenvalue weighted by molar-refractivity contribution is 0.644. The van der Waals surface area contributed by atoms with Gasteiger partial charge < -0.3 is 19.6 Å². The number of fused-ring (bicyclic) bond motifs is 2. The maximum atomic E-state index is 2.54. The second kappa shape index (κ2) is 7.34. The highest BCUT2D eigenvalue weighted by atomic mass is 15.4. The Bertz CT molecular complexity index is 720. The number of nitrogens with zero attached hydrogens (tertiary/aromatic N) is 4. The molecule has 4 rings (SSSR count). The largest absolute Gasteiger partial charge is 0.352 e. The van der Waals surface area contributed by atoms with E-state index in [-0.39, 0.29) is 0 Å². The molecule has 0 atom stereocenters. The predicted molar refractivity (Wildman–Crippen MR) is 117 cm³/mol. The molecular formula is C23H32N4. The first-order valence-electron chi connectivity index (χ1n) is 10.3. The molecule has 0 aliphatic carbocycles. The minimum absolute atomic E-state index is 0.529. The first-order chi connectivity index (χ1) is 13.1. The summed E-state index contributed by atoms with van der Waals surface area (Å²) in [6.07, 6.45) is 1.17. The fraction of sp³-hybridized carbons (Fsp3) is 0.478. The summed E-state index contributed by atoms with van der Waals surface area (Å²) < 4.78 is 0. The molecular weight excluding hydrogens is 332 g/mol. The molecule has 27 heavy (non-hydrogen) atoms. The Kier molecular flexibility index (Phi) is 4.90. The number of para-hydroxylation sites is 4. The van der Waals surface area contributed by atoms with E-state index in [2.05, 4.69) is 95.8 Å². The third-order valence-electron chi connectivity index (χ3n) is 5.81. The van der Waals surface area contributed by atoms with Gasteiger partial charge in [0.15, 0.2) is 0 Å². The van der Waals surface area contributed by atoms with Crippen LogP contribution < -0.4 is 19.6 Å². The van der Waals surface area contributed by atoms with Crippen molar-refractivity contribution in [2.75, 3.05) is 46.0 Å². The van der Waals surface area contributed by atoms with Gasteiger partial charge in [0, 0.05) is 25.2 Å². The molecule has 0 N–H and O–H groups in total. The summed E-state index contributed by atoms with van der Waals surface area (Å²) in [6.45, 7) is 13.3. The van der Waals surface area contributed by atoms with Gasteiger partial charge in [-0.15, -0.1) is 0 Å². The Morgan fingerprint density at radius 3 is 1.37 bits per heavy atom. The number of hydrogen-bond donors (Lipinski definition) is 0. The summed E-state index contributed by atoms with van der Waals surface area (Å²) in [5, 5.41) is 0. The van der Waals surface area contributed by atoms with E-state index in [1.54, 1.807) is 0 Å². The van der Waals surface area contributed by atoms with Crippen LogP contribution in [0.4, 0.5) is 22.7 Å². The second-order valence-electron chi connectivity index (χ2n) is 8.27. The van der Waals surface area contributed by atoms with E-state index in [9.17, 15) is 0 Å². The molecule has 4 nitrogen and oxygen atoms in total. The molecule has 0 bridgehead atoms. The highest BCUT2D eigenvalue weighted by molar-refractivity contribution is 5.77. The zero-order valence-corrected chi connectivity index (χ0v) is 17.1. The number of benzene rings is 2. The first kappa shape index (κ1) is 18.0. The van der Waals surface area contributed by atoms with Crippen LogP contribution in [-0.2, 0) is 0 Å². The maximum absolute atomic E-state index is 2.54. The lowest BCUT2D eigenvalue weighted by atomic mass is 10.2. The molecule has 0 amide bonds. The van der Waals surface area contributed by atoms with E-state index in [0.29, 0.717) is 12.1 Å². The van der Waals surface area contributed by atoms with Crippen LogP contribution in [0.15, 0.2) is 48.5 Å². The Morgan fingerprint density at radius 1 is 0.630 bits per heavy atom. The Balaban J connectivity index is 1.41. The third-order valence-corrected chi connectivity index (χ3v) is 5.81. The molecule has 0 fully saturated rings. The number of anilines is 4. The number of hydrogen-bond acceptors (Lipinski definition) is 4. The molecule has 0 spiro atoms. The summed E-state index contributed by atoms with van der Waals surface area (Å²) >= 11 is 0. The van der Waals surface area contributed by atoms with E-state index >= 15 is 0 Å². The van der Waals surface area contributed by atoms with Gasteiger partial charge in [-0.25, -0.2) is 0 Å². The molecule has 2 aliphatic rings. The van der Waals surface area contributed by atoms with Gasteiger partial charge in [0.2, 0.25) is 0 Å². The average Bonchev–Trinajstić information content (AvgIpc) is 3.21. The lowest BCUT2D eigenvalue weighted by Gasteiger charge is -2.27. The standard InChI is InChI=1S/C23H32N4/c1-18(2)26-16-24(20-10-5-7-12-22(20)26)14-9-15-25-17-27(19(3)4)23-13-8-6-11-21(23)25/h5-8,10-13,18-19H,9,14-17H2,1-4H3. The van der Waals surface area contributed by atoms with Gasteiger partial charge >= 0.3 is 0 Å². The van der Waals surface area contributed by atoms with E-state index in [4.69, 9.17) is 0 Å². The van der Waals surface area contributed by atoms with Gasteiger partial charge in [0.1, 0.15) is 0 Å². The monoisotopic (exact) mass is 364 g/mol. The van der Waals surface area contributed by atoms with Crippen molar-refractivity contribution in [1.82, 2.24) is 0 Å². The normalized spacial score (nSPS) is 15.9. The van der Waals surface area contributed by atoms with Gasteiger partial charge in [-0.05, 0) is 58.4 Å². The van der Waals surface area contributed by atoms with Crippen LogP contribution in [0.2, 0.25) is 0 Å². The van der Waals surface area contributed by atoms with Crippen molar-refractivity contribution in [3.63, 3.8) is 0 Å². The zero-order valence-electron chi connectivity index (χ0n) is 17.1. The maximum Gasteiger partial charge on any atom is 0.0906 e. The smallest absolute Gasteiger partial charge is 0.0906 e. The molecule has 0 radical (unpaired) electrons. The van der Waals surface area contributed by atoms with Crippen LogP contribution in [0.25, 0.3) is 0 Å². The minimum Gasteiger partial charge on any atom is -0.352 e. The summed E-state index contributed by atoms with van der Waals surface area (Å²) in [7, 11) is 0. The van der Waals surface area contributed by atoms with Crippen LogP contribution in [0.5, 0.6) is 0 Å². The van der Waals surface area contributed by atoms with Crippen molar-refractivity contribution in [3.05, 3.63) is 48.5 Å². The molecule has 0 saturated heterocycles. The van der Waals surface area contributed by atoms with Crippen molar-refractivity contribution < 1.29 is 0 Å². The van der Waals surface area contributed by atoms with Gasteiger partial charge in [-0.1, -0.05) is 24.3 Å². The minimum atomic E-state index is 0.529. The molecule has 2 heterocycles. The van der Waals surface area contributed by atoms with Crippen LogP contribution in [-0.4, -0.2) is 38.5 Å². The topological polar surface area (TPSA) is 13.0 Å². The highest BCUT2D eigenvalue weighted by Gasteiger charge is 2.29. The quantitative estimate of drug-likeness (QED) is 0.732. The van der Waals surface area contributed by atoms with Crippen LogP contribution in [0.1, 0.15) is 34.1 Å². The summed E-state index contributed by atoms with van der Waals surface area (Å²) in [5.74, 6) is 0. The van der Waals surface area contributed by atoms with Crippen molar-refractivity contribution in [2.45, 2.75) is 46.2 Å². The Labute approximate surface area is 164 Å². The van der Waals surface area contributed by atoms with Crippen LogP contribution in [0.3, 0.4) is 0 Å². The predicted octanol–water partition coefficient (Wildman–Crippen LogP) is 4.76. The Morgan fingerprint density at radius 2 is 1.00 bits per heavy atom. The van der Waals surface area contributed by atoms with E-state index < -0.39 is 0 Å². The van der Waals surface area contributed by atoms with Crippen molar-refractivity contribution >= 4 is 22.7 Å². The summed E-state index contributed by atoms with van der Waals surface area (Å²) in [4.78, 5) is 10.1. The fourth-order valence-corrected chi connectivity index (χ4v) is 4.34. The van der Waals surface area contributed by atoms with Crippen LogP contribution in [0, 0.1) is 0 Å². The van der Waals surface area contributed by atoms with Gasteiger partial charge in [0.05, 0.1) is 36.1 Å². The molecule has 144 valence electrons. The molecule has 0 saturated carbocycles. The van der Waals surface area contributed by atoms with Crippen molar-refractivity contribution in [1.29, 1.82) is 0 Å². The molecule has 2 aromatic carbocycles. The SMILES string of the molecule is CC(C)N1CN(CCCN2CN(C(C)C)c3ccccc32)c2ccccc21. The highest BCUT2D eigenvalue weighted by Crippen LogP contribution is 2.38. The molecule has 4 heteroatoms. The van der Waals surface area contributed by atoms with Crippen molar-refractivity contribution in [3.8, 4) is 0 Å². The summed E-state index contributed by atoms with van der Waals surface area (Å²) in [5.41, 5.74) is 5.53. The molecule has 2 aliphatic heterocycles. The van der Waals surface area contributed by atoms with Gasteiger partial charge in [-0.2, -0.15) is 0 Å². The van der Waals surface area contributed by atoms with E-state index in [1.165, 1.54) is 29.2 Å². The summed E-state index contributed by atoms with van der Waals surface area (Å²) in [6, 6.07) is 18.7. The van der Waals surface area contributed by atoms with E-state index in [0.717, 1.165) is 26.4 Å². The third kappa shape index (κ3) is 3.33.